The van der Waals surface area contributed by atoms with Gasteiger partial charge in [0.05, 0.1) is 17.6 Å². The van der Waals surface area contributed by atoms with Crippen molar-refractivity contribution in [2.24, 2.45) is 0 Å². The molecule has 0 bridgehead atoms. The highest BCUT2D eigenvalue weighted by Crippen LogP contribution is 2.24. The average Bonchev–Trinajstić information content (AvgIpc) is 3.26. The first-order chi connectivity index (χ1) is 17.4. The predicted octanol–water partition coefficient (Wildman–Crippen LogP) is 3.75. The smallest absolute Gasteiger partial charge is 0.339 e. The van der Waals surface area contributed by atoms with Crippen LogP contribution in [0.4, 0.5) is 16.4 Å². The van der Waals surface area contributed by atoms with Gasteiger partial charge in [-0.3, -0.25) is 5.32 Å². The Labute approximate surface area is 209 Å². The van der Waals surface area contributed by atoms with Crippen molar-refractivity contribution in [3.05, 3.63) is 78.4 Å². The van der Waals surface area contributed by atoms with E-state index in [2.05, 4.69) is 38.1 Å². The Morgan fingerprint density at radius 1 is 1.00 bits per heavy atom. The molecular weight excluding hydrogens is 482 g/mol. The van der Waals surface area contributed by atoms with Crippen LogP contribution >= 0.6 is 0 Å². The number of urea groups is 1. The van der Waals surface area contributed by atoms with Gasteiger partial charge >= 0.3 is 16.1 Å². The summed E-state index contributed by atoms with van der Waals surface area (Å²) < 4.78 is 35.8. The third-order valence-corrected chi connectivity index (χ3v) is 6.47. The molecule has 3 aromatic carbocycles. The zero-order valence-electron chi connectivity index (χ0n) is 19.7. The first kappa shape index (κ1) is 25.0. The van der Waals surface area contributed by atoms with Gasteiger partial charge in [0, 0.05) is 32.0 Å². The maximum absolute atomic E-state index is 12.8. The molecule has 0 aliphatic rings. The zero-order chi connectivity index (χ0) is 25.4. The molecule has 4 N–H and O–H groups in total. The fourth-order valence-corrected chi connectivity index (χ4v) is 4.35. The molecule has 0 unspecified atom stereocenters. The van der Waals surface area contributed by atoms with Crippen molar-refractivity contribution in [3.63, 3.8) is 0 Å². The highest BCUT2D eigenvalue weighted by atomic mass is 32.2. The number of carbonyl (C=O) groups is 1. The van der Waals surface area contributed by atoms with Gasteiger partial charge in [0.2, 0.25) is 5.95 Å². The Morgan fingerprint density at radius 2 is 1.78 bits per heavy atom. The number of hydrogen-bond donors (Lipinski definition) is 4. The third kappa shape index (κ3) is 6.74. The van der Waals surface area contributed by atoms with Gasteiger partial charge in [0.25, 0.3) is 0 Å². The summed E-state index contributed by atoms with van der Waals surface area (Å²) in [4.78, 5) is 19.1. The van der Waals surface area contributed by atoms with E-state index in [1.807, 2.05) is 18.2 Å². The largest absolute Gasteiger partial charge is 0.385 e. The topological polar surface area (TPSA) is 134 Å². The van der Waals surface area contributed by atoms with E-state index < -0.39 is 16.1 Å². The molecule has 0 atom stereocenters. The van der Waals surface area contributed by atoms with Crippen molar-refractivity contribution >= 4 is 38.8 Å². The average molecular weight is 510 g/mol. The first-order valence-corrected chi connectivity index (χ1v) is 12.7. The number of H-pyrrole nitrogens is 1. The van der Waals surface area contributed by atoms with E-state index >= 15 is 0 Å². The van der Waals surface area contributed by atoms with Gasteiger partial charge in [0.1, 0.15) is 10.6 Å². The molecule has 0 fully saturated rings. The molecule has 1 aromatic heterocycles. The van der Waals surface area contributed by atoms with Crippen LogP contribution in [-0.4, -0.2) is 51.2 Å². The second kappa shape index (κ2) is 11.6. The highest BCUT2D eigenvalue weighted by molar-refractivity contribution is 7.87. The van der Waals surface area contributed by atoms with Crippen molar-refractivity contribution in [1.82, 2.24) is 15.3 Å². The molecule has 11 heteroatoms. The number of rotatable bonds is 11. The van der Waals surface area contributed by atoms with E-state index in [4.69, 9.17) is 8.92 Å². The second-order valence-corrected chi connectivity index (χ2v) is 9.41. The van der Waals surface area contributed by atoms with Gasteiger partial charge in [0.15, 0.2) is 0 Å². The van der Waals surface area contributed by atoms with Crippen LogP contribution in [0.2, 0.25) is 0 Å². The summed E-state index contributed by atoms with van der Waals surface area (Å²) in [5, 5.41) is 8.48. The van der Waals surface area contributed by atoms with E-state index in [1.165, 1.54) is 29.8 Å². The molecule has 0 aliphatic carbocycles. The maximum Gasteiger partial charge on any atom is 0.339 e. The minimum Gasteiger partial charge on any atom is -0.385 e. The molecule has 0 saturated carbocycles. The van der Waals surface area contributed by atoms with Gasteiger partial charge in [-0.05, 0) is 48.4 Å². The first-order valence-electron chi connectivity index (χ1n) is 11.3. The number of hydrogen-bond acceptors (Lipinski definition) is 7. The molecule has 0 spiro atoms. The Kier molecular flexibility index (Phi) is 8.03. The van der Waals surface area contributed by atoms with Crippen LogP contribution in [0.3, 0.4) is 0 Å². The van der Waals surface area contributed by atoms with Gasteiger partial charge in [-0.15, -0.1) is 0 Å². The van der Waals surface area contributed by atoms with E-state index in [0.29, 0.717) is 24.2 Å². The number of imidazole rings is 1. The molecule has 4 rings (SSSR count). The second-order valence-electron chi connectivity index (χ2n) is 7.86. The quantitative estimate of drug-likeness (QED) is 0.179. The van der Waals surface area contributed by atoms with Crippen molar-refractivity contribution in [3.8, 4) is 5.75 Å². The van der Waals surface area contributed by atoms with Crippen molar-refractivity contribution < 1.29 is 22.1 Å². The molecule has 4 aromatic rings. The number of benzene rings is 3. The lowest BCUT2D eigenvalue weighted by atomic mass is 10.1. The molecule has 36 heavy (non-hydrogen) atoms. The Hall–Kier alpha value is -4.09. The number of amides is 2. The van der Waals surface area contributed by atoms with Gasteiger partial charge < -0.3 is 24.5 Å². The minimum absolute atomic E-state index is 0.0379. The van der Waals surface area contributed by atoms with Crippen LogP contribution in [0.5, 0.6) is 5.75 Å². The Morgan fingerprint density at radius 3 is 2.53 bits per heavy atom. The van der Waals surface area contributed by atoms with Crippen LogP contribution in [-0.2, 0) is 21.3 Å². The Balaban J connectivity index is 1.36. The Bertz CT molecular complexity index is 1410. The van der Waals surface area contributed by atoms with Crippen LogP contribution in [0.1, 0.15) is 5.56 Å². The third-order valence-electron chi connectivity index (χ3n) is 5.21. The van der Waals surface area contributed by atoms with Crippen molar-refractivity contribution in [2.75, 3.05) is 37.4 Å². The molecular formula is C25H27N5O5S. The normalized spacial score (nSPS) is 11.2. The van der Waals surface area contributed by atoms with Crippen LogP contribution < -0.4 is 20.1 Å². The lowest BCUT2D eigenvalue weighted by Crippen LogP contribution is -2.31. The van der Waals surface area contributed by atoms with Crippen LogP contribution in [0, 0.1) is 0 Å². The standard InChI is InChI=1S/C25H27N5O5S/c1-34-16-15-27-25(31)30-24-28-22-12-9-20(17-23(22)29-24)35-36(32,33)21-10-7-19(8-11-21)26-14-13-18-5-3-2-4-6-18/h2-12,17,26H,13-16H2,1H3,(H3,27,28,29,30,31). The monoisotopic (exact) mass is 509 g/mol. The number of ether oxygens (including phenoxy) is 1. The number of anilines is 2. The van der Waals surface area contributed by atoms with E-state index in [9.17, 15) is 13.2 Å². The number of nitrogens with one attached hydrogen (secondary N) is 4. The summed E-state index contributed by atoms with van der Waals surface area (Å²) in [7, 11) is -2.50. The van der Waals surface area contributed by atoms with E-state index in [1.54, 1.807) is 25.3 Å². The lowest BCUT2D eigenvalue weighted by Gasteiger charge is -2.09. The maximum atomic E-state index is 12.8. The summed E-state index contributed by atoms with van der Waals surface area (Å²) in [5.41, 5.74) is 3.08. The molecule has 0 saturated heterocycles. The lowest BCUT2D eigenvalue weighted by molar-refractivity contribution is 0.198. The highest BCUT2D eigenvalue weighted by Gasteiger charge is 2.17. The molecule has 0 aliphatic heterocycles. The number of fused-ring (bicyclic) bond motifs is 1. The molecule has 1 heterocycles. The zero-order valence-corrected chi connectivity index (χ0v) is 20.5. The summed E-state index contributed by atoms with van der Waals surface area (Å²) >= 11 is 0. The molecule has 188 valence electrons. The van der Waals surface area contributed by atoms with Crippen LogP contribution in [0.15, 0.2) is 77.7 Å². The van der Waals surface area contributed by atoms with E-state index in [0.717, 1.165) is 18.7 Å². The van der Waals surface area contributed by atoms with Crippen molar-refractivity contribution in [2.45, 2.75) is 11.3 Å². The summed E-state index contributed by atoms with van der Waals surface area (Å²) in [6, 6.07) is 20.7. The summed E-state index contributed by atoms with van der Waals surface area (Å²) in [5.74, 6) is 0.336. The van der Waals surface area contributed by atoms with Crippen LogP contribution in [0.25, 0.3) is 11.0 Å². The molecule has 0 radical (unpaired) electrons. The molecule has 2 amide bonds. The fraction of sp³-hybridized carbons (Fsp3) is 0.200. The fourth-order valence-electron chi connectivity index (χ4n) is 3.43. The SMILES string of the molecule is COCCNC(=O)Nc1nc2ccc(OS(=O)(=O)c3ccc(NCCc4ccccc4)cc3)cc2[nH]1. The van der Waals surface area contributed by atoms with Gasteiger partial charge in [-0.2, -0.15) is 8.42 Å². The van der Waals surface area contributed by atoms with Gasteiger partial charge in [-0.25, -0.2) is 9.78 Å². The minimum atomic E-state index is -4.04. The molecule has 10 nitrogen and oxygen atoms in total. The van der Waals surface area contributed by atoms with E-state index in [-0.39, 0.29) is 16.6 Å². The number of aromatic nitrogens is 2. The summed E-state index contributed by atoms with van der Waals surface area (Å²) in [6.45, 7) is 1.46. The number of carbonyl (C=O) groups excluding carboxylic acids is 1. The number of nitrogens with zero attached hydrogens (tertiary/aromatic N) is 1. The number of methoxy groups -OCH3 is 1. The predicted molar refractivity (Wildman–Crippen MR) is 138 cm³/mol. The number of aromatic amines is 1. The summed E-state index contributed by atoms with van der Waals surface area (Å²) in [6.07, 6.45) is 0.857. The van der Waals surface area contributed by atoms with Gasteiger partial charge in [-0.1, -0.05) is 30.3 Å². The van der Waals surface area contributed by atoms with Crippen molar-refractivity contribution in [1.29, 1.82) is 0 Å².